The van der Waals surface area contributed by atoms with Crippen molar-refractivity contribution >= 4 is 44.3 Å². The lowest BCUT2D eigenvalue weighted by Gasteiger charge is -2.30. The molecule has 2 N–H and O–H groups in total. The summed E-state index contributed by atoms with van der Waals surface area (Å²) in [5, 5.41) is 6.54. The first kappa shape index (κ1) is 25.8. The molecule has 1 saturated carbocycles. The average Bonchev–Trinajstić information content (AvgIpc) is 3.63. The molecule has 1 aromatic carbocycles. The maximum Gasteiger partial charge on any atom is 0.273 e. The molecular weight excluding hydrogens is 512 g/mol. The molecule has 0 radical (unpaired) electrons. The van der Waals surface area contributed by atoms with Crippen molar-refractivity contribution in [1.29, 1.82) is 0 Å². The second-order valence-corrected chi connectivity index (χ2v) is 10.3. The zero-order valence-electron chi connectivity index (χ0n) is 21.5. The van der Waals surface area contributed by atoms with E-state index in [1.807, 2.05) is 0 Å². The number of methoxy groups -OCH3 is 3. The smallest absolute Gasteiger partial charge is 0.273 e. The number of amides is 2. The average molecular weight is 543 g/mol. The Bertz CT molecular complexity index is 1380. The van der Waals surface area contributed by atoms with Crippen LogP contribution in [-0.4, -0.2) is 66.8 Å². The van der Waals surface area contributed by atoms with Crippen LogP contribution in [-0.2, 0) is 16.1 Å². The third-order valence-corrected chi connectivity index (χ3v) is 7.79. The topological polar surface area (TPSA) is 137 Å². The molecule has 38 heavy (non-hydrogen) atoms. The lowest BCUT2D eigenvalue weighted by molar-refractivity contribution is -0.125. The molecule has 12 nitrogen and oxygen atoms in total. The Labute approximate surface area is 222 Å². The van der Waals surface area contributed by atoms with Gasteiger partial charge < -0.3 is 29.7 Å². The fourth-order valence-corrected chi connectivity index (χ4v) is 5.49. The van der Waals surface area contributed by atoms with Crippen LogP contribution < -0.4 is 35.3 Å². The molecule has 2 fully saturated rings. The number of piperidine rings is 1. The highest BCUT2D eigenvalue weighted by atomic mass is 32.1. The Morgan fingerprint density at radius 2 is 1.74 bits per heavy atom. The lowest BCUT2D eigenvalue weighted by Crippen LogP contribution is -2.41. The van der Waals surface area contributed by atoms with Gasteiger partial charge in [0, 0.05) is 42.9 Å². The zero-order valence-corrected chi connectivity index (χ0v) is 22.3. The van der Waals surface area contributed by atoms with Gasteiger partial charge >= 0.3 is 0 Å². The Morgan fingerprint density at radius 1 is 1.05 bits per heavy atom. The maximum absolute atomic E-state index is 13.1. The van der Waals surface area contributed by atoms with E-state index in [-0.39, 0.29) is 23.9 Å². The number of carbonyl (C=O) groups is 2. The summed E-state index contributed by atoms with van der Waals surface area (Å²) in [5.74, 6) is 0.940. The number of rotatable bonds is 9. The first-order valence-corrected chi connectivity index (χ1v) is 13.2. The molecule has 13 heteroatoms. The summed E-state index contributed by atoms with van der Waals surface area (Å²) in [6.07, 6.45) is 4.97. The Kier molecular flexibility index (Phi) is 7.36. The number of fused-ring (bicyclic) bond motifs is 1. The van der Waals surface area contributed by atoms with E-state index < -0.39 is 5.91 Å². The van der Waals surface area contributed by atoms with Crippen molar-refractivity contribution in [2.24, 2.45) is 5.92 Å². The van der Waals surface area contributed by atoms with Gasteiger partial charge in [-0.25, -0.2) is 4.98 Å². The lowest BCUT2D eigenvalue weighted by atomic mass is 9.96. The first-order chi connectivity index (χ1) is 18.4. The number of nitrogens with zero attached hydrogens (tertiary/aromatic N) is 4. The van der Waals surface area contributed by atoms with Crippen molar-refractivity contribution in [1.82, 2.24) is 19.9 Å². The van der Waals surface area contributed by atoms with E-state index in [4.69, 9.17) is 14.2 Å². The van der Waals surface area contributed by atoms with Gasteiger partial charge in [0.2, 0.25) is 17.6 Å². The van der Waals surface area contributed by atoms with Crippen molar-refractivity contribution in [3.8, 4) is 17.2 Å². The van der Waals surface area contributed by atoms with Crippen LogP contribution in [0.25, 0.3) is 10.3 Å². The Morgan fingerprint density at radius 3 is 2.34 bits per heavy atom. The molecule has 2 amide bonds. The van der Waals surface area contributed by atoms with E-state index in [9.17, 15) is 14.4 Å². The van der Waals surface area contributed by atoms with Crippen LogP contribution in [0.4, 0.5) is 10.8 Å². The summed E-state index contributed by atoms with van der Waals surface area (Å²) < 4.78 is 17.6. The van der Waals surface area contributed by atoms with Gasteiger partial charge in [-0.2, -0.15) is 4.98 Å². The molecule has 0 bridgehead atoms. The van der Waals surface area contributed by atoms with Gasteiger partial charge in [0.05, 0.1) is 21.3 Å². The molecule has 202 valence electrons. The summed E-state index contributed by atoms with van der Waals surface area (Å²) in [6, 6.07) is 3.58. The summed E-state index contributed by atoms with van der Waals surface area (Å²) in [7, 11) is 4.47. The van der Waals surface area contributed by atoms with E-state index >= 15 is 0 Å². The van der Waals surface area contributed by atoms with Gasteiger partial charge in [-0.05, 0) is 25.7 Å². The molecule has 3 aromatic rings. The summed E-state index contributed by atoms with van der Waals surface area (Å²) in [6.45, 7) is 1.15. The van der Waals surface area contributed by atoms with E-state index in [1.165, 1.54) is 43.6 Å². The van der Waals surface area contributed by atoms with Crippen molar-refractivity contribution in [3.63, 3.8) is 0 Å². The van der Waals surface area contributed by atoms with Crippen molar-refractivity contribution < 1.29 is 23.8 Å². The quantitative estimate of drug-likeness (QED) is 0.416. The van der Waals surface area contributed by atoms with Crippen LogP contribution in [0.3, 0.4) is 0 Å². The molecule has 0 atom stereocenters. The summed E-state index contributed by atoms with van der Waals surface area (Å²) in [5.41, 5.74) is 0.447. The fraction of sp³-hybridized carbons (Fsp3) is 0.480. The number of aromatic nitrogens is 3. The normalized spacial score (nSPS) is 15.8. The highest BCUT2D eigenvalue weighted by molar-refractivity contribution is 7.22. The highest BCUT2D eigenvalue weighted by Crippen LogP contribution is 2.40. The zero-order chi connectivity index (χ0) is 26.8. The first-order valence-electron chi connectivity index (χ1n) is 12.4. The number of thiazole rings is 1. The largest absolute Gasteiger partial charge is 0.493 e. The minimum atomic E-state index is -0.418. The van der Waals surface area contributed by atoms with Crippen molar-refractivity contribution in [3.05, 3.63) is 28.8 Å². The highest BCUT2D eigenvalue weighted by Gasteiger charge is 2.31. The monoisotopic (exact) mass is 542 g/mol. The molecular formula is C25H30N6O6S. The van der Waals surface area contributed by atoms with Crippen LogP contribution in [0.15, 0.2) is 23.3 Å². The Hall–Kier alpha value is -3.87. The molecule has 3 heterocycles. The number of anilines is 2. The van der Waals surface area contributed by atoms with Gasteiger partial charge in [-0.15, -0.1) is 0 Å². The molecule has 1 aliphatic heterocycles. The van der Waals surface area contributed by atoms with E-state index in [0.717, 1.165) is 25.7 Å². The number of benzene rings is 1. The predicted octanol–water partition coefficient (Wildman–Crippen LogP) is 2.01. The van der Waals surface area contributed by atoms with E-state index in [0.29, 0.717) is 57.5 Å². The van der Waals surface area contributed by atoms with E-state index in [2.05, 4.69) is 25.5 Å². The Balaban J connectivity index is 1.26. The minimum Gasteiger partial charge on any atom is -0.493 e. The third kappa shape index (κ3) is 5.37. The molecule has 1 saturated heterocycles. The standard InChI is InChI=1S/C25H30N6O6S/c1-35-17-10-16(11-18(36-2)20(17)37-3)27-19(32)12-31-13-26-22-21(24(31)34)38-25(29-22)30-8-6-14(7-9-30)23(33)28-15-4-5-15/h10-11,13-15H,4-9,12H2,1-3H3,(H,27,32)(H,28,33). The molecule has 0 unspecified atom stereocenters. The number of hydrogen-bond donors (Lipinski definition) is 2. The van der Waals surface area contributed by atoms with Crippen LogP contribution in [0.2, 0.25) is 0 Å². The van der Waals surface area contributed by atoms with Crippen LogP contribution in [0, 0.1) is 5.92 Å². The molecule has 5 rings (SSSR count). The molecule has 1 aliphatic carbocycles. The second-order valence-electron chi connectivity index (χ2n) is 9.33. The SMILES string of the molecule is COc1cc(NC(=O)Cn2cnc3nc(N4CCC(C(=O)NC5CC5)CC4)sc3c2=O)cc(OC)c1OC. The van der Waals surface area contributed by atoms with Gasteiger partial charge in [0.1, 0.15) is 17.6 Å². The van der Waals surface area contributed by atoms with Gasteiger partial charge in [0.25, 0.3) is 5.56 Å². The number of ether oxygens (including phenoxy) is 3. The number of hydrogen-bond acceptors (Lipinski definition) is 10. The molecule has 2 aliphatic rings. The summed E-state index contributed by atoms with van der Waals surface area (Å²) >= 11 is 1.26. The van der Waals surface area contributed by atoms with Gasteiger partial charge in [-0.1, -0.05) is 11.3 Å². The van der Waals surface area contributed by atoms with Gasteiger partial charge in [-0.3, -0.25) is 19.0 Å². The number of nitrogens with one attached hydrogen (secondary N) is 2. The maximum atomic E-state index is 13.1. The second kappa shape index (κ2) is 10.9. The third-order valence-electron chi connectivity index (χ3n) is 6.69. The van der Waals surface area contributed by atoms with Gasteiger partial charge in [0.15, 0.2) is 22.3 Å². The fourth-order valence-electron chi connectivity index (χ4n) is 4.47. The molecule has 2 aromatic heterocycles. The van der Waals surface area contributed by atoms with Crippen molar-refractivity contribution in [2.75, 3.05) is 44.6 Å². The molecule has 0 spiro atoms. The predicted molar refractivity (Wildman–Crippen MR) is 143 cm³/mol. The number of carbonyl (C=O) groups excluding carboxylic acids is 2. The van der Waals surface area contributed by atoms with Crippen LogP contribution >= 0.6 is 11.3 Å². The minimum absolute atomic E-state index is 0.0146. The van der Waals surface area contributed by atoms with Crippen LogP contribution in [0.5, 0.6) is 17.2 Å². The van der Waals surface area contributed by atoms with Crippen LogP contribution in [0.1, 0.15) is 25.7 Å². The summed E-state index contributed by atoms with van der Waals surface area (Å²) in [4.78, 5) is 49.2. The van der Waals surface area contributed by atoms with E-state index in [1.54, 1.807) is 12.1 Å². The van der Waals surface area contributed by atoms with Crippen molar-refractivity contribution in [2.45, 2.75) is 38.3 Å².